The molecule has 4 aromatic heterocycles. The Bertz CT molecular complexity index is 968. The summed E-state index contributed by atoms with van der Waals surface area (Å²) >= 11 is 0. The molecule has 0 aliphatic heterocycles. The molecule has 0 fully saturated rings. The van der Waals surface area contributed by atoms with Gasteiger partial charge >= 0.3 is 0 Å². The Morgan fingerprint density at radius 3 is 2.88 bits per heavy atom. The second kappa shape index (κ2) is 5.81. The molecule has 24 heavy (non-hydrogen) atoms. The molecular weight excluding hydrogens is 302 g/mol. The molecule has 0 unspecified atom stereocenters. The number of hydrogen-bond donors (Lipinski definition) is 2. The second-order valence-electron chi connectivity index (χ2n) is 5.67. The van der Waals surface area contributed by atoms with Crippen LogP contribution in [0, 0.1) is 13.8 Å². The van der Waals surface area contributed by atoms with E-state index in [4.69, 9.17) is 4.52 Å². The van der Waals surface area contributed by atoms with Crippen molar-refractivity contribution in [1.82, 2.24) is 20.1 Å². The standard InChI is InChI=1S/C18H17N5O/c1-11-17(12(2)24-23-11)15-9-16(22-18-14(15)6-8-20-18)21-10-13-5-3-4-7-19-13/h3-9H,10H2,1-2H3,(H2,20,21,22). The number of pyridine rings is 2. The van der Waals surface area contributed by atoms with Gasteiger partial charge in [0.05, 0.1) is 17.9 Å². The quantitative estimate of drug-likeness (QED) is 0.597. The molecule has 0 saturated heterocycles. The van der Waals surface area contributed by atoms with Crippen molar-refractivity contribution in [1.29, 1.82) is 0 Å². The van der Waals surface area contributed by atoms with E-state index in [1.807, 2.05) is 50.4 Å². The van der Waals surface area contributed by atoms with Crippen molar-refractivity contribution in [2.75, 3.05) is 5.32 Å². The summed E-state index contributed by atoms with van der Waals surface area (Å²) in [6, 6.07) is 9.91. The number of aromatic amines is 1. The van der Waals surface area contributed by atoms with Crippen LogP contribution in [-0.4, -0.2) is 20.1 Å². The van der Waals surface area contributed by atoms with E-state index >= 15 is 0 Å². The van der Waals surface area contributed by atoms with Gasteiger partial charge in [0.25, 0.3) is 0 Å². The van der Waals surface area contributed by atoms with Crippen LogP contribution in [0.1, 0.15) is 17.1 Å². The first-order valence-corrected chi connectivity index (χ1v) is 7.77. The zero-order valence-corrected chi connectivity index (χ0v) is 13.5. The highest BCUT2D eigenvalue weighted by Gasteiger charge is 2.16. The molecule has 0 radical (unpaired) electrons. The lowest BCUT2D eigenvalue weighted by atomic mass is 10.0. The topological polar surface area (TPSA) is 79.6 Å². The number of nitrogens with zero attached hydrogens (tertiary/aromatic N) is 3. The number of nitrogens with one attached hydrogen (secondary N) is 2. The fourth-order valence-electron chi connectivity index (χ4n) is 2.89. The van der Waals surface area contributed by atoms with Gasteiger partial charge in [0.15, 0.2) is 0 Å². The monoisotopic (exact) mass is 319 g/mol. The molecule has 6 nitrogen and oxygen atoms in total. The minimum Gasteiger partial charge on any atom is -0.364 e. The second-order valence-corrected chi connectivity index (χ2v) is 5.67. The first kappa shape index (κ1) is 14.4. The van der Waals surface area contributed by atoms with Gasteiger partial charge in [-0.1, -0.05) is 11.2 Å². The highest BCUT2D eigenvalue weighted by Crippen LogP contribution is 2.34. The largest absolute Gasteiger partial charge is 0.364 e. The molecule has 4 aromatic rings. The summed E-state index contributed by atoms with van der Waals surface area (Å²) in [6.45, 7) is 4.49. The van der Waals surface area contributed by atoms with Gasteiger partial charge in [-0.15, -0.1) is 0 Å². The highest BCUT2D eigenvalue weighted by atomic mass is 16.5. The van der Waals surface area contributed by atoms with Crippen LogP contribution in [0.5, 0.6) is 0 Å². The van der Waals surface area contributed by atoms with E-state index in [0.717, 1.165) is 45.1 Å². The third-order valence-electron chi connectivity index (χ3n) is 4.01. The van der Waals surface area contributed by atoms with Gasteiger partial charge < -0.3 is 14.8 Å². The van der Waals surface area contributed by atoms with Crippen LogP contribution in [0.3, 0.4) is 0 Å². The average Bonchev–Trinajstić information content (AvgIpc) is 3.20. The maximum atomic E-state index is 5.33. The Balaban J connectivity index is 1.75. The van der Waals surface area contributed by atoms with Crippen LogP contribution < -0.4 is 5.32 Å². The maximum absolute atomic E-state index is 5.33. The molecular formula is C18H17N5O. The lowest BCUT2D eigenvalue weighted by molar-refractivity contribution is 0.393. The van der Waals surface area contributed by atoms with Crippen molar-refractivity contribution in [3.8, 4) is 11.1 Å². The van der Waals surface area contributed by atoms with E-state index in [2.05, 4.69) is 25.4 Å². The average molecular weight is 319 g/mol. The van der Waals surface area contributed by atoms with E-state index in [1.54, 1.807) is 6.20 Å². The van der Waals surface area contributed by atoms with E-state index < -0.39 is 0 Å². The molecule has 2 N–H and O–H groups in total. The molecule has 4 heterocycles. The fraction of sp³-hybridized carbons (Fsp3) is 0.167. The predicted molar refractivity (Wildman–Crippen MR) is 92.6 cm³/mol. The first-order chi connectivity index (χ1) is 11.7. The number of aromatic nitrogens is 4. The van der Waals surface area contributed by atoms with Crippen LogP contribution >= 0.6 is 0 Å². The molecule has 0 saturated carbocycles. The van der Waals surface area contributed by atoms with Crippen LogP contribution in [0.4, 0.5) is 5.82 Å². The van der Waals surface area contributed by atoms with Crippen molar-refractivity contribution in [2.24, 2.45) is 0 Å². The number of aryl methyl sites for hydroxylation is 2. The Hall–Kier alpha value is -3.15. The van der Waals surface area contributed by atoms with Gasteiger partial charge in [-0.05, 0) is 38.1 Å². The number of hydrogen-bond acceptors (Lipinski definition) is 5. The van der Waals surface area contributed by atoms with Crippen LogP contribution in [0.2, 0.25) is 0 Å². The molecule has 0 bridgehead atoms. The zero-order chi connectivity index (χ0) is 16.5. The number of H-pyrrole nitrogens is 1. The minimum atomic E-state index is 0.612. The van der Waals surface area contributed by atoms with Crippen molar-refractivity contribution < 1.29 is 4.52 Å². The Kier molecular flexibility index (Phi) is 3.49. The van der Waals surface area contributed by atoms with Crippen molar-refractivity contribution in [3.63, 3.8) is 0 Å². The van der Waals surface area contributed by atoms with Crippen LogP contribution in [-0.2, 0) is 6.54 Å². The summed E-state index contributed by atoms with van der Waals surface area (Å²) in [4.78, 5) is 12.1. The minimum absolute atomic E-state index is 0.612. The molecule has 6 heteroatoms. The summed E-state index contributed by atoms with van der Waals surface area (Å²) < 4.78 is 5.33. The lowest BCUT2D eigenvalue weighted by Gasteiger charge is -2.09. The summed E-state index contributed by atoms with van der Waals surface area (Å²) in [5.74, 6) is 1.59. The van der Waals surface area contributed by atoms with E-state index in [0.29, 0.717) is 6.54 Å². The molecule has 0 amide bonds. The summed E-state index contributed by atoms with van der Waals surface area (Å²) in [7, 11) is 0. The molecule has 0 spiro atoms. The third-order valence-corrected chi connectivity index (χ3v) is 4.01. The normalized spacial score (nSPS) is 11.1. The summed E-state index contributed by atoms with van der Waals surface area (Å²) in [6.07, 6.45) is 3.68. The number of anilines is 1. The fourth-order valence-corrected chi connectivity index (χ4v) is 2.89. The van der Waals surface area contributed by atoms with Gasteiger partial charge in [0, 0.05) is 28.9 Å². The Morgan fingerprint density at radius 1 is 1.21 bits per heavy atom. The van der Waals surface area contributed by atoms with Crippen molar-refractivity contribution >= 4 is 16.9 Å². The SMILES string of the molecule is Cc1noc(C)c1-c1cc(NCc2ccccn2)nc2[nH]ccc12. The lowest BCUT2D eigenvalue weighted by Crippen LogP contribution is -2.03. The number of rotatable bonds is 4. The van der Waals surface area contributed by atoms with Gasteiger partial charge in [-0.3, -0.25) is 4.98 Å². The van der Waals surface area contributed by atoms with Crippen LogP contribution in [0.15, 0.2) is 47.2 Å². The zero-order valence-electron chi connectivity index (χ0n) is 13.5. The van der Waals surface area contributed by atoms with E-state index in [1.165, 1.54) is 0 Å². The van der Waals surface area contributed by atoms with E-state index in [-0.39, 0.29) is 0 Å². The third kappa shape index (κ3) is 2.52. The van der Waals surface area contributed by atoms with Gasteiger partial charge in [0.1, 0.15) is 17.2 Å². The van der Waals surface area contributed by atoms with Crippen LogP contribution in [0.25, 0.3) is 22.2 Å². The first-order valence-electron chi connectivity index (χ1n) is 7.77. The molecule has 0 atom stereocenters. The van der Waals surface area contributed by atoms with Crippen molar-refractivity contribution in [2.45, 2.75) is 20.4 Å². The molecule has 120 valence electrons. The molecule has 0 aromatic carbocycles. The maximum Gasteiger partial charge on any atom is 0.141 e. The molecule has 0 aliphatic carbocycles. The number of fused-ring (bicyclic) bond motifs is 1. The van der Waals surface area contributed by atoms with Gasteiger partial charge in [-0.2, -0.15) is 0 Å². The molecule has 0 aliphatic rings. The highest BCUT2D eigenvalue weighted by molar-refractivity contribution is 5.95. The van der Waals surface area contributed by atoms with Gasteiger partial charge in [-0.25, -0.2) is 4.98 Å². The predicted octanol–water partition coefficient (Wildman–Crippen LogP) is 3.84. The summed E-state index contributed by atoms with van der Waals surface area (Å²) in [5.41, 5.74) is 4.74. The van der Waals surface area contributed by atoms with Crippen molar-refractivity contribution in [3.05, 3.63) is 59.9 Å². The molecule has 4 rings (SSSR count). The Morgan fingerprint density at radius 2 is 2.12 bits per heavy atom. The van der Waals surface area contributed by atoms with Gasteiger partial charge in [0.2, 0.25) is 0 Å². The summed E-state index contributed by atoms with van der Waals surface area (Å²) in [5, 5.41) is 8.46. The van der Waals surface area contributed by atoms with E-state index in [9.17, 15) is 0 Å². The smallest absolute Gasteiger partial charge is 0.141 e. The Labute approximate surface area is 138 Å².